The first kappa shape index (κ1) is 13.6. The van der Waals surface area contributed by atoms with Crippen LogP contribution in [0.3, 0.4) is 0 Å². The fourth-order valence-electron chi connectivity index (χ4n) is 2.81. The molecule has 0 saturated carbocycles. The number of nitrogens with zero attached hydrogens (tertiary/aromatic N) is 1. The molecule has 1 aromatic rings. The van der Waals surface area contributed by atoms with E-state index in [1.807, 2.05) is 0 Å². The highest BCUT2D eigenvalue weighted by Gasteiger charge is 2.32. The van der Waals surface area contributed by atoms with Crippen molar-refractivity contribution in [3.05, 3.63) is 35.9 Å². The molecule has 1 atom stereocenters. The first-order chi connectivity index (χ1) is 8.62. The third-order valence-corrected chi connectivity index (χ3v) is 4.27. The zero-order valence-electron chi connectivity index (χ0n) is 11.6. The van der Waals surface area contributed by atoms with Crippen LogP contribution < -0.4 is 0 Å². The minimum Gasteiger partial charge on any atom is -0.396 e. The van der Waals surface area contributed by atoms with Gasteiger partial charge in [-0.2, -0.15) is 0 Å². The molecular formula is C16H25NO. The Labute approximate surface area is 111 Å². The topological polar surface area (TPSA) is 23.5 Å². The highest BCUT2D eigenvalue weighted by molar-refractivity contribution is 5.14. The fourth-order valence-corrected chi connectivity index (χ4v) is 2.81. The molecule has 1 N–H and O–H groups in total. The lowest BCUT2D eigenvalue weighted by atomic mass is 9.75. The van der Waals surface area contributed by atoms with Gasteiger partial charge < -0.3 is 5.11 Å². The number of piperidine rings is 1. The summed E-state index contributed by atoms with van der Waals surface area (Å²) in [6.45, 7) is 8.00. The maximum atomic E-state index is 9.50. The molecule has 1 aliphatic heterocycles. The molecule has 18 heavy (non-hydrogen) atoms. The van der Waals surface area contributed by atoms with Crippen molar-refractivity contribution in [1.29, 1.82) is 0 Å². The number of hydrogen-bond acceptors (Lipinski definition) is 2. The maximum absolute atomic E-state index is 9.50. The molecule has 1 heterocycles. The van der Waals surface area contributed by atoms with Gasteiger partial charge in [-0.25, -0.2) is 0 Å². The highest BCUT2D eigenvalue weighted by atomic mass is 16.3. The van der Waals surface area contributed by atoms with E-state index in [0.717, 1.165) is 13.1 Å². The van der Waals surface area contributed by atoms with Gasteiger partial charge >= 0.3 is 0 Å². The van der Waals surface area contributed by atoms with Gasteiger partial charge in [-0.05, 0) is 36.3 Å². The van der Waals surface area contributed by atoms with Crippen LogP contribution in [0.15, 0.2) is 30.3 Å². The number of rotatable bonds is 4. The van der Waals surface area contributed by atoms with Crippen molar-refractivity contribution in [2.24, 2.45) is 11.3 Å². The summed E-state index contributed by atoms with van der Waals surface area (Å²) in [5.74, 6) is 0.611. The van der Waals surface area contributed by atoms with Crippen LogP contribution in [0.5, 0.6) is 0 Å². The average Bonchev–Trinajstić information content (AvgIpc) is 2.40. The Morgan fingerprint density at radius 2 is 2.00 bits per heavy atom. The van der Waals surface area contributed by atoms with Crippen LogP contribution in [0.25, 0.3) is 0 Å². The van der Waals surface area contributed by atoms with Crippen LogP contribution in [0.2, 0.25) is 0 Å². The monoisotopic (exact) mass is 247 g/mol. The first-order valence-corrected chi connectivity index (χ1v) is 6.99. The Balaban J connectivity index is 1.95. The molecule has 1 aliphatic rings. The first-order valence-electron chi connectivity index (χ1n) is 6.99. The van der Waals surface area contributed by atoms with Gasteiger partial charge in [0.1, 0.15) is 0 Å². The van der Waals surface area contributed by atoms with Gasteiger partial charge in [0.25, 0.3) is 0 Å². The Bertz CT molecular complexity index is 361. The fraction of sp³-hybridized carbons (Fsp3) is 0.625. The van der Waals surface area contributed by atoms with Crippen molar-refractivity contribution in [2.45, 2.75) is 33.2 Å². The molecule has 0 aliphatic carbocycles. The second kappa shape index (κ2) is 5.85. The maximum Gasteiger partial charge on any atom is 0.0485 e. The van der Waals surface area contributed by atoms with Crippen molar-refractivity contribution in [3.8, 4) is 0 Å². The number of aliphatic hydroxyl groups excluding tert-OH is 1. The zero-order valence-corrected chi connectivity index (χ0v) is 11.6. The summed E-state index contributed by atoms with van der Waals surface area (Å²) < 4.78 is 0. The quantitative estimate of drug-likeness (QED) is 0.884. The smallest absolute Gasteiger partial charge is 0.0485 e. The van der Waals surface area contributed by atoms with Crippen molar-refractivity contribution < 1.29 is 5.11 Å². The van der Waals surface area contributed by atoms with Crippen molar-refractivity contribution >= 4 is 0 Å². The van der Waals surface area contributed by atoms with Crippen molar-refractivity contribution in [2.75, 3.05) is 19.7 Å². The number of hydrogen-bond donors (Lipinski definition) is 1. The third kappa shape index (κ3) is 3.33. The molecule has 1 aromatic carbocycles. The SMILES string of the molecule is CC(C)(CO)C1CCCN(Cc2ccccc2)C1. The van der Waals surface area contributed by atoms with E-state index in [2.05, 4.69) is 49.1 Å². The van der Waals surface area contributed by atoms with Crippen LogP contribution in [0.1, 0.15) is 32.3 Å². The lowest BCUT2D eigenvalue weighted by Crippen LogP contribution is -2.42. The minimum atomic E-state index is 0.0510. The van der Waals surface area contributed by atoms with Crippen LogP contribution >= 0.6 is 0 Å². The third-order valence-electron chi connectivity index (χ3n) is 4.27. The van der Waals surface area contributed by atoms with E-state index in [0.29, 0.717) is 5.92 Å². The second-order valence-electron chi connectivity index (χ2n) is 6.21. The lowest BCUT2D eigenvalue weighted by Gasteiger charge is -2.40. The van der Waals surface area contributed by atoms with E-state index in [1.165, 1.54) is 24.9 Å². The largest absolute Gasteiger partial charge is 0.396 e. The normalized spacial score (nSPS) is 22.1. The van der Waals surface area contributed by atoms with Crippen molar-refractivity contribution in [3.63, 3.8) is 0 Å². The molecule has 2 heteroatoms. The van der Waals surface area contributed by atoms with E-state index in [9.17, 15) is 5.11 Å². The summed E-state index contributed by atoms with van der Waals surface area (Å²) in [5, 5.41) is 9.50. The summed E-state index contributed by atoms with van der Waals surface area (Å²) in [6, 6.07) is 10.7. The van der Waals surface area contributed by atoms with Gasteiger partial charge in [-0.15, -0.1) is 0 Å². The standard InChI is InChI=1S/C16H25NO/c1-16(2,13-18)15-9-6-10-17(12-15)11-14-7-4-3-5-8-14/h3-5,7-8,15,18H,6,9-13H2,1-2H3. The zero-order chi connectivity index (χ0) is 13.0. The molecule has 0 radical (unpaired) electrons. The summed E-state index contributed by atoms with van der Waals surface area (Å²) >= 11 is 0. The molecule has 1 fully saturated rings. The van der Waals surface area contributed by atoms with Gasteiger partial charge in [-0.1, -0.05) is 44.2 Å². The summed E-state index contributed by atoms with van der Waals surface area (Å²) in [6.07, 6.45) is 2.50. The van der Waals surface area contributed by atoms with E-state index in [4.69, 9.17) is 0 Å². The predicted molar refractivity (Wildman–Crippen MR) is 75.3 cm³/mol. The average molecular weight is 247 g/mol. The van der Waals surface area contributed by atoms with Crippen LogP contribution in [-0.2, 0) is 6.54 Å². The Hall–Kier alpha value is -0.860. The molecule has 2 nitrogen and oxygen atoms in total. The van der Waals surface area contributed by atoms with E-state index >= 15 is 0 Å². The Morgan fingerprint density at radius 3 is 2.67 bits per heavy atom. The van der Waals surface area contributed by atoms with Gasteiger partial charge in [0, 0.05) is 19.7 Å². The molecule has 0 aromatic heterocycles. The van der Waals surface area contributed by atoms with Crippen LogP contribution in [-0.4, -0.2) is 29.7 Å². The molecule has 2 rings (SSSR count). The van der Waals surface area contributed by atoms with Crippen molar-refractivity contribution in [1.82, 2.24) is 4.90 Å². The van der Waals surface area contributed by atoms with Crippen LogP contribution in [0, 0.1) is 11.3 Å². The van der Waals surface area contributed by atoms with Gasteiger partial charge in [0.05, 0.1) is 0 Å². The lowest BCUT2D eigenvalue weighted by molar-refractivity contribution is 0.0382. The van der Waals surface area contributed by atoms with E-state index in [1.54, 1.807) is 0 Å². The van der Waals surface area contributed by atoms with Gasteiger partial charge in [0.2, 0.25) is 0 Å². The summed E-state index contributed by atoms with van der Waals surface area (Å²) in [5.41, 5.74) is 1.44. The number of benzene rings is 1. The Kier molecular flexibility index (Phi) is 4.41. The predicted octanol–water partition coefficient (Wildman–Crippen LogP) is 2.92. The number of likely N-dealkylation sites (tertiary alicyclic amines) is 1. The highest BCUT2D eigenvalue weighted by Crippen LogP contribution is 2.33. The molecule has 0 amide bonds. The second-order valence-corrected chi connectivity index (χ2v) is 6.21. The number of aliphatic hydroxyl groups is 1. The minimum absolute atomic E-state index is 0.0510. The van der Waals surface area contributed by atoms with Crippen LogP contribution in [0.4, 0.5) is 0 Å². The molecule has 100 valence electrons. The van der Waals surface area contributed by atoms with E-state index < -0.39 is 0 Å². The summed E-state index contributed by atoms with van der Waals surface area (Å²) in [4.78, 5) is 2.53. The van der Waals surface area contributed by atoms with Gasteiger partial charge in [-0.3, -0.25) is 4.90 Å². The molecule has 0 bridgehead atoms. The summed E-state index contributed by atoms with van der Waals surface area (Å²) in [7, 11) is 0. The van der Waals surface area contributed by atoms with Gasteiger partial charge in [0.15, 0.2) is 0 Å². The molecule has 1 saturated heterocycles. The molecule has 0 spiro atoms. The Morgan fingerprint density at radius 1 is 1.28 bits per heavy atom. The molecular weight excluding hydrogens is 222 g/mol. The van der Waals surface area contributed by atoms with E-state index in [-0.39, 0.29) is 12.0 Å². The molecule has 1 unspecified atom stereocenters.